The zero-order valence-electron chi connectivity index (χ0n) is 18.0. The molecule has 0 unspecified atom stereocenters. The zero-order chi connectivity index (χ0) is 22.9. The zero-order valence-corrected chi connectivity index (χ0v) is 18.0. The van der Waals surface area contributed by atoms with Crippen molar-refractivity contribution in [1.82, 2.24) is 0 Å². The fraction of sp³-hybridized carbons (Fsp3) is 0.167. The lowest BCUT2D eigenvalue weighted by molar-refractivity contribution is 0.0596. The van der Waals surface area contributed by atoms with Gasteiger partial charge in [0.05, 0.1) is 31.2 Å². The SMILES string of the molecule is CCc1cc(C(=O)N=Nc2ccc(NOC(=O)c3ccccc3)cc2)cc(OC)c1OC. The van der Waals surface area contributed by atoms with Crippen LogP contribution in [0.3, 0.4) is 0 Å². The second kappa shape index (κ2) is 10.7. The van der Waals surface area contributed by atoms with E-state index in [0.29, 0.717) is 40.4 Å². The normalized spacial score (nSPS) is 10.6. The molecule has 3 aromatic carbocycles. The molecule has 3 rings (SSSR count). The molecule has 0 bridgehead atoms. The Morgan fingerprint density at radius 2 is 1.62 bits per heavy atom. The molecule has 32 heavy (non-hydrogen) atoms. The molecule has 0 aliphatic carbocycles. The summed E-state index contributed by atoms with van der Waals surface area (Å²) in [5.74, 6) is 0.0615. The predicted octanol–water partition coefficient (Wildman–Crippen LogP) is 5.37. The number of methoxy groups -OCH3 is 2. The number of carbonyl (C=O) groups is 2. The van der Waals surface area contributed by atoms with Crippen molar-refractivity contribution in [3.8, 4) is 11.5 Å². The van der Waals surface area contributed by atoms with Crippen molar-refractivity contribution in [3.63, 3.8) is 0 Å². The second-order valence-corrected chi connectivity index (χ2v) is 6.63. The molecule has 164 valence electrons. The van der Waals surface area contributed by atoms with Gasteiger partial charge in [0.15, 0.2) is 11.5 Å². The summed E-state index contributed by atoms with van der Waals surface area (Å²) in [5.41, 5.74) is 5.23. The van der Waals surface area contributed by atoms with E-state index in [1.54, 1.807) is 67.8 Å². The minimum absolute atomic E-state index is 0.356. The average molecular weight is 433 g/mol. The van der Waals surface area contributed by atoms with Gasteiger partial charge in [-0.3, -0.25) is 4.79 Å². The van der Waals surface area contributed by atoms with E-state index in [-0.39, 0.29) is 0 Å². The van der Waals surface area contributed by atoms with Crippen LogP contribution in [-0.4, -0.2) is 26.1 Å². The van der Waals surface area contributed by atoms with Gasteiger partial charge in [0.1, 0.15) is 0 Å². The summed E-state index contributed by atoms with van der Waals surface area (Å²) in [4.78, 5) is 29.5. The van der Waals surface area contributed by atoms with Crippen LogP contribution >= 0.6 is 0 Å². The van der Waals surface area contributed by atoms with Gasteiger partial charge in [-0.05, 0) is 60.5 Å². The van der Waals surface area contributed by atoms with Crippen molar-refractivity contribution in [1.29, 1.82) is 0 Å². The Bertz CT molecular complexity index is 1090. The van der Waals surface area contributed by atoms with Gasteiger partial charge in [-0.15, -0.1) is 10.2 Å². The Morgan fingerprint density at radius 1 is 0.906 bits per heavy atom. The van der Waals surface area contributed by atoms with Crippen LogP contribution < -0.4 is 15.0 Å². The van der Waals surface area contributed by atoms with Crippen LogP contribution in [0.25, 0.3) is 0 Å². The minimum Gasteiger partial charge on any atom is -0.493 e. The maximum absolute atomic E-state index is 12.5. The standard InChI is InChI=1S/C24H23N3O5/c1-4-16-14-18(15-21(30-2)22(16)31-3)23(28)26-25-19-10-12-20(13-11-19)27-32-24(29)17-8-6-5-7-9-17/h5-15,27H,4H2,1-3H3. The molecule has 0 aliphatic rings. The molecule has 1 N–H and O–H groups in total. The van der Waals surface area contributed by atoms with Gasteiger partial charge in [-0.2, -0.15) is 0 Å². The summed E-state index contributed by atoms with van der Waals surface area (Å²) in [6.07, 6.45) is 0.668. The number of hydrogen-bond donors (Lipinski definition) is 1. The summed E-state index contributed by atoms with van der Waals surface area (Å²) in [6, 6.07) is 18.5. The molecule has 0 heterocycles. The molecule has 0 atom stereocenters. The Labute approximate surface area is 185 Å². The molecule has 0 saturated heterocycles. The van der Waals surface area contributed by atoms with Gasteiger partial charge in [0.2, 0.25) is 0 Å². The number of benzene rings is 3. The first-order chi connectivity index (χ1) is 15.5. The van der Waals surface area contributed by atoms with Gasteiger partial charge >= 0.3 is 5.97 Å². The van der Waals surface area contributed by atoms with Crippen molar-refractivity contribution in [2.75, 3.05) is 19.7 Å². The third-order valence-electron chi connectivity index (χ3n) is 4.58. The molecular formula is C24H23N3O5. The van der Waals surface area contributed by atoms with Crippen LogP contribution in [0, 0.1) is 0 Å². The predicted molar refractivity (Wildman–Crippen MR) is 120 cm³/mol. The van der Waals surface area contributed by atoms with Gasteiger partial charge in [-0.1, -0.05) is 25.1 Å². The highest BCUT2D eigenvalue weighted by Crippen LogP contribution is 2.33. The molecule has 8 heteroatoms. The Balaban J connectivity index is 1.64. The van der Waals surface area contributed by atoms with Crippen LogP contribution in [0.15, 0.2) is 77.0 Å². The lowest BCUT2D eigenvalue weighted by Crippen LogP contribution is -2.10. The quantitative estimate of drug-likeness (QED) is 0.379. The number of azo groups is 1. The molecule has 3 aromatic rings. The van der Waals surface area contributed by atoms with Crippen molar-refractivity contribution < 1.29 is 23.9 Å². The second-order valence-electron chi connectivity index (χ2n) is 6.63. The van der Waals surface area contributed by atoms with E-state index in [1.807, 2.05) is 13.0 Å². The Hall–Kier alpha value is -4.20. The van der Waals surface area contributed by atoms with Crippen molar-refractivity contribution in [2.24, 2.45) is 10.2 Å². The van der Waals surface area contributed by atoms with E-state index >= 15 is 0 Å². The van der Waals surface area contributed by atoms with Crippen molar-refractivity contribution in [2.45, 2.75) is 13.3 Å². The number of amides is 1. The van der Waals surface area contributed by atoms with E-state index in [4.69, 9.17) is 14.3 Å². The number of nitrogens with one attached hydrogen (secondary N) is 1. The topological polar surface area (TPSA) is 98.6 Å². The summed E-state index contributed by atoms with van der Waals surface area (Å²) in [6.45, 7) is 1.96. The van der Waals surface area contributed by atoms with Crippen LogP contribution in [0.5, 0.6) is 11.5 Å². The summed E-state index contributed by atoms with van der Waals surface area (Å²) in [5, 5.41) is 7.79. The van der Waals surface area contributed by atoms with Gasteiger partial charge in [0.25, 0.3) is 5.91 Å². The maximum Gasteiger partial charge on any atom is 0.362 e. The number of ether oxygens (including phenoxy) is 2. The number of aryl methyl sites for hydroxylation is 1. The molecule has 1 amide bonds. The molecule has 8 nitrogen and oxygen atoms in total. The van der Waals surface area contributed by atoms with Crippen molar-refractivity contribution >= 4 is 23.3 Å². The molecule has 0 aliphatic heterocycles. The molecule has 0 spiro atoms. The lowest BCUT2D eigenvalue weighted by Gasteiger charge is -2.12. The van der Waals surface area contributed by atoms with E-state index in [9.17, 15) is 9.59 Å². The summed E-state index contributed by atoms with van der Waals surface area (Å²) >= 11 is 0. The Kier molecular flexibility index (Phi) is 7.53. The van der Waals surface area contributed by atoms with E-state index < -0.39 is 11.9 Å². The monoisotopic (exact) mass is 433 g/mol. The number of nitrogens with zero attached hydrogens (tertiary/aromatic N) is 2. The van der Waals surface area contributed by atoms with E-state index in [1.165, 1.54) is 7.11 Å². The third kappa shape index (κ3) is 5.48. The fourth-order valence-electron chi connectivity index (χ4n) is 2.92. The third-order valence-corrected chi connectivity index (χ3v) is 4.58. The summed E-state index contributed by atoms with van der Waals surface area (Å²) in [7, 11) is 3.07. The highest BCUT2D eigenvalue weighted by atomic mass is 16.7. The van der Waals surface area contributed by atoms with Gasteiger partial charge in [0, 0.05) is 5.56 Å². The first-order valence-corrected chi connectivity index (χ1v) is 9.89. The van der Waals surface area contributed by atoms with Crippen LogP contribution in [-0.2, 0) is 11.3 Å². The van der Waals surface area contributed by atoms with Gasteiger partial charge < -0.3 is 14.3 Å². The highest BCUT2D eigenvalue weighted by molar-refractivity contribution is 5.95. The van der Waals surface area contributed by atoms with Crippen LogP contribution in [0.2, 0.25) is 0 Å². The number of carbonyl (C=O) groups excluding carboxylic acids is 2. The lowest BCUT2D eigenvalue weighted by atomic mass is 10.1. The average Bonchev–Trinajstić information content (AvgIpc) is 2.85. The molecule has 0 aromatic heterocycles. The number of rotatable bonds is 8. The van der Waals surface area contributed by atoms with E-state index in [0.717, 1.165) is 5.56 Å². The molecular weight excluding hydrogens is 410 g/mol. The first kappa shape index (κ1) is 22.5. The maximum atomic E-state index is 12.5. The minimum atomic E-state index is -0.500. The highest BCUT2D eigenvalue weighted by Gasteiger charge is 2.15. The fourth-order valence-corrected chi connectivity index (χ4v) is 2.92. The molecule has 0 fully saturated rings. The molecule has 0 saturated carbocycles. The molecule has 0 radical (unpaired) electrons. The van der Waals surface area contributed by atoms with Crippen molar-refractivity contribution in [3.05, 3.63) is 83.4 Å². The first-order valence-electron chi connectivity index (χ1n) is 9.89. The Morgan fingerprint density at radius 3 is 2.25 bits per heavy atom. The largest absolute Gasteiger partial charge is 0.493 e. The van der Waals surface area contributed by atoms with Gasteiger partial charge in [-0.25, -0.2) is 10.3 Å². The van der Waals surface area contributed by atoms with Crippen LogP contribution in [0.4, 0.5) is 11.4 Å². The van der Waals surface area contributed by atoms with E-state index in [2.05, 4.69) is 15.7 Å². The smallest absolute Gasteiger partial charge is 0.362 e. The number of anilines is 1. The van der Waals surface area contributed by atoms with Crippen LogP contribution in [0.1, 0.15) is 33.2 Å². The summed E-state index contributed by atoms with van der Waals surface area (Å²) < 4.78 is 10.7. The number of hydrogen-bond acceptors (Lipinski definition) is 7.